The van der Waals surface area contributed by atoms with Crippen LogP contribution in [0.1, 0.15) is 26.7 Å². The zero-order chi connectivity index (χ0) is 25.8. The van der Waals surface area contributed by atoms with Crippen LogP contribution in [0, 0.1) is 0 Å². The Morgan fingerprint density at radius 1 is 0.703 bits per heavy atom. The summed E-state index contributed by atoms with van der Waals surface area (Å²) in [6.45, 7) is 0.0262. The lowest BCUT2D eigenvalue weighted by Crippen LogP contribution is -2.34. The third kappa shape index (κ3) is 5.18. The van der Waals surface area contributed by atoms with Gasteiger partial charge in [-0.3, -0.25) is 14.4 Å². The summed E-state index contributed by atoms with van der Waals surface area (Å²) >= 11 is 0. The Bertz CT molecular complexity index is 1720. The van der Waals surface area contributed by atoms with E-state index in [9.17, 15) is 19.2 Å². The van der Waals surface area contributed by atoms with E-state index in [1.165, 1.54) is 11.0 Å². The van der Waals surface area contributed by atoms with Crippen molar-refractivity contribution in [3.8, 4) is 0 Å². The van der Waals surface area contributed by atoms with E-state index in [2.05, 4.69) is 0 Å². The van der Waals surface area contributed by atoms with Gasteiger partial charge < -0.3 is 18.5 Å². The van der Waals surface area contributed by atoms with Gasteiger partial charge in [-0.25, -0.2) is 4.79 Å². The highest BCUT2D eigenvalue weighted by Gasteiger charge is 2.21. The predicted molar refractivity (Wildman–Crippen MR) is 136 cm³/mol. The van der Waals surface area contributed by atoms with Crippen molar-refractivity contribution >= 4 is 33.8 Å². The first-order valence-corrected chi connectivity index (χ1v) is 11.6. The van der Waals surface area contributed by atoms with E-state index in [1.807, 2.05) is 30.3 Å². The van der Waals surface area contributed by atoms with E-state index < -0.39 is 11.9 Å². The molecule has 2 heterocycles. The van der Waals surface area contributed by atoms with Crippen molar-refractivity contribution < 1.29 is 23.2 Å². The fraction of sp³-hybridized carbons (Fsp3) is 0.103. The molecule has 2 aromatic heterocycles. The molecule has 0 aliphatic rings. The van der Waals surface area contributed by atoms with Crippen molar-refractivity contribution in [3.63, 3.8) is 0 Å². The Balaban J connectivity index is 1.35. The summed E-state index contributed by atoms with van der Waals surface area (Å²) in [6, 6.07) is 24.8. The van der Waals surface area contributed by atoms with Crippen molar-refractivity contribution in [1.29, 1.82) is 0 Å². The largest absolute Gasteiger partial charge is 0.458 e. The summed E-state index contributed by atoms with van der Waals surface area (Å²) in [6.07, 6.45) is 0. The van der Waals surface area contributed by atoms with Crippen LogP contribution in [0.4, 0.5) is 0 Å². The molecule has 0 bridgehead atoms. The predicted octanol–water partition coefficient (Wildman–Crippen LogP) is 4.40. The average molecular weight is 495 g/mol. The molecule has 0 N–H and O–H groups in total. The van der Waals surface area contributed by atoms with Crippen molar-refractivity contribution in [2.24, 2.45) is 0 Å². The number of carbonyl (C=O) groups excluding carboxylic acids is 2. The molecular weight excluding hydrogens is 474 g/mol. The zero-order valence-electron chi connectivity index (χ0n) is 19.6. The zero-order valence-corrected chi connectivity index (χ0v) is 19.6. The van der Waals surface area contributed by atoms with Crippen molar-refractivity contribution in [2.75, 3.05) is 13.2 Å². The quantitative estimate of drug-likeness (QED) is 0.308. The van der Waals surface area contributed by atoms with Gasteiger partial charge in [-0.05, 0) is 29.8 Å². The van der Waals surface area contributed by atoms with Crippen LogP contribution in [-0.4, -0.2) is 29.9 Å². The second-order valence-electron chi connectivity index (χ2n) is 8.29. The van der Waals surface area contributed by atoms with Crippen LogP contribution in [0.5, 0.6) is 0 Å². The van der Waals surface area contributed by atoms with E-state index >= 15 is 0 Å². The number of benzene rings is 3. The molecule has 0 unspecified atom stereocenters. The first kappa shape index (κ1) is 23.7. The Labute approximate surface area is 210 Å². The lowest BCUT2D eigenvalue weighted by Gasteiger charge is -2.22. The molecule has 184 valence electrons. The maximum atomic E-state index is 13.4. The average Bonchev–Trinajstić information content (AvgIpc) is 2.92. The van der Waals surface area contributed by atoms with Gasteiger partial charge in [0.25, 0.3) is 5.91 Å². The van der Waals surface area contributed by atoms with Crippen LogP contribution in [0.3, 0.4) is 0 Å². The molecule has 0 saturated heterocycles. The molecule has 8 heteroatoms. The summed E-state index contributed by atoms with van der Waals surface area (Å²) in [5.74, 6) is -1.70. The number of fused-ring (bicyclic) bond motifs is 2. The van der Waals surface area contributed by atoms with Crippen LogP contribution >= 0.6 is 0 Å². The number of esters is 1. The number of carbonyl (C=O) groups is 2. The highest BCUT2D eigenvalue weighted by Crippen LogP contribution is 2.16. The molecule has 0 fully saturated rings. The maximum Gasteiger partial charge on any atom is 0.374 e. The molecule has 0 saturated carbocycles. The summed E-state index contributed by atoms with van der Waals surface area (Å²) < 4.78 is 16.6. The van der Waals surface area contributed by atoms with Crippen molar-refractivity contribution in [2.45, 2.75) is 6.54 Å². The van der Waals surface area contributed by atoms with Crippen LogP contribution < -0.4 is 10.9 Å². The van der Waals surface area contributed by atoms with Crippen LogP contribution in [0.15, 0.2) is 109 Å². The van der Waals surface area contributed by atoms with Crippen LogP contribution in [0.2, 0.25) is 0 Å². The van der Waals surface area contributed by atoms with Crippen LogP contribution in [-0.2, 0) is 11.3 Å². The molecule has 0 spiro atoms. The molecule has 8 nitrogen and oxygen atoms in total. The number of hydrogen-bond acceptors (Lipinski definition) is 7. The third-order valence-corrected chi connectivity index (χ3v) is 5.78. The van der Waals surface area contributed by atoms with Gasteiger partial charge in [0.15, 0.2) is 16.6 Å². The Kier molecular flexibility index (Phi) is 6.63. The molecule has 5 aromatic rings. The number of nitrogens with zero attached hydrogens (tertiary/aromatic N) is 1. The van der Waals surface area contributed by atoms with Gasteiger partial charge in [0.2, 0.25) is 5.76 Å². The standard InChI is InChI=1S/C29H21NO7/c31-22-16-26(36-24-12-6-4-10-20(22)24)28(33)30(18-19-8-2-1-3-9-19)14-15-35-29(34)27-17-23(32)21-11-5-7-13-25(21)37-27/h1-13,16-17H,14-15,18H2. The van der Waals surface area contributed by atoms with Gasteiger partial charge in [0.05, 0.1) is 17.3 Å². The lowest BCUT2D eigenvalue weighted by atomic mass is 10.2. The Morgan fingerprint density at radius 2 is 1.24 bits per heavy atom. The van der Waals surface area contributed by atoms with Crippen LogP contribution in [0.25, 0.3) is 21.9 Å². The van der Waals surface area contributed by atoms with Crippen molar-refractivity contribution in [1.82, 2.24) is 4.90 Å². The normalized spacial score (nSPS) is 10.9. The topological polar surface area (TPSA) is 107 Å². The van der Waals surface area contributed by atoms with Gasteiger partial charge >= 0.3 is 5.97 Å². The molecule has 3 aromatic carbocycles. The van der Waals surface area contributed by atoms with E-state index in [0.29, 0.717) is 16.4 Å². The molecule has 0 aliphatic carbocycles. The van der Waals surface area contributed by atoms with Gasteiger partial charge in [-0.1, -0.05) is 54.6 Å². The van der Waals surface area contributed by atoms with Gasteiger partial charge in [0, 0.05) is 18.7 Å². The second-order valence-corrected chi connectivity index (χ2v) is 8.29. The molecule has 0 aliphatic heterocycles. The third-order valence-electron chi connectivity index (χ3n) is 5.78. The molecule has 1 amide bonds. The number of para-hydroxylation sites is 2. The minimum absolute atomic E-state index is 0.00776. The minimum atomic E-state index is -0.827. The number of hydrogen-bond donors (Lipinski definition) is 0. The summed E-state index contributed by atoms with van der Waals surface area (Å²) in [7, 11) is 0. The summed E-state index contributed by atoms with van der Waals surface area (Å²) in [4.78, 5) is 52.2. The maximum absolute atomic E-state index is 13.4. The first-order valence-electron chi connectivity index (χ1n) is 11.6. The fourth-order valence-electron chi connectivity index (χ4n) is 3.95. The van der Waals surface area contributed by atoms with Crippen molar-refractivity contribution in [3.05, 3.63) is 129 Å². The summed E-state index contributed by atoms with van der Waals surface area (Å²) in [5, 5.41) is 0.732. The number of amides is 1. The van der Waals surface area contributed by atoms with E-state index in [-0.39, 0.29) is 47.7 Å². The van der Waals surface area contributed by atoms with E-state index in [0.717, 1.165) is 11.6 Å². The first-order chi connectivity index (χ1) is 18.0. The lowest BCUT2D eigenvalue weighted by molar-refractivity contribution is 0.0394. The highest BCUT2D eigenvalue weighted by atomic mass is 16.5. The molecule has 0 radical (unpaired) electrons. The van der Waals surface area contributed by atoms with Gasteiger partial charge in [0.1, 0.15) is 17.8 Å². The molecule has 37 heavy (non-hydrogen) atoms. The molecule has 5 rings (SSSR count). The monoisotopic (exact) mass is 495 g/mol. The summed E-state index contributed by atoms with van der Waals surface area (Å²) in [5.41, 5.74) is 0.722. The van der Waals surface area contributed by atoms with E-state index in [4.69, 9.17) is 13.6 Å². The highest BCUT2D eigenvalue weighted by molar-refractivity contribution is 5.93. The smallest absolute Gasteiger partial charge is 0.374 e. The van der Waals surface area contributed by atoms with Gasteiger partial charge in [-0.15, -0.1) is 0 Å². The Hall–Kier alpha value is -4.98. The Morgan fingerprint density at radius 3 is 1.89 bits per heavy atom. The van der Waals surface area contributed by atoms with E-state index in [1.54, 1.807) is 48.5 Å². The number of rotatable bonds is 7. The SMILES string of the molecule is O=C(OCCN(Cc1ccccc1)C(=O)c1cc(=O)c2ccccc2o1)c1cc(=O)c2ccccc2o1. The fourth-order valence-corrected chi connectivity index (χ4v) is 3.95. The second kappa shape index (κ2) is 10.3. The molecular formula is C29H21NO7. The van der Waals surface area contributed by atoms with Gasteiger partial charge in [-0.2, -0.15) is 0 Å². The molecule has 0 atom stereocenters. The number of ether oxygens (including phenoxy) is 1. The minimum Gasteiger partial charge on any atom is -0.458 e.